The maximum Gasteiger partial charge on any atom is 0.326 e. The summed E-state index contributed by atoms with van der Waals surface area (Å²) < 4.78 is 0. The highest BCUT2D eigenvalue weighted by atomic mass is 16.4. The quantitative estimate of drug-likeness (QED) is 0.498. The van der Waals surface area contributed by atoms with Crippen LogP contribution in [0.3, 0.4) is 0 Å². The highest BCUT2D eigenvalue weighted by molar-refractivity contribution is 5.82. The van der Waals surface area contributed by atoms with Crippen molar-refractivity contribution >= 4 is 17.9 Å². The molecule has 1 heterocycles. The summed E-state index contributed by atoms with van der Waals surface area (Å²) in [6, 6.07) is -1.68. The molecule has 1 saturated heterocycles. The Labute approximate surface area is 110 Å². The Hall–Kier alpha value is -1.83. The number of urea groups is 1. The molecule has 1 aliphatic rings. The van der Waals surface area contributed by atoms with Crippen LogP contribution in [0.4, 0.5) is 4.79 Å². The van der Waals surface area contributed by atoms with Gasteiger partial charge in [-0.15, -0.1) is 0 Å². The average molecular weight is 273 g/mol. The number of aliphatic hydroxyl groups is 1. The summed E-state index contributed by atoms with van der Waals surface area (Å²) in [4.78, 5) is 35.0. The van der Waals surface area contributed by atoms with E-state index in [1.54, 1.807) is 0 Å². The van der Waals surface area contributed by atoms with Crippen molar-refractivity contribution in [3.63, 3.8) is 0 Å². The molecule has 1 aliphatic heterocycles. The molecule has 0 saturated carbocycles. The Morgan fingerprint density at radius 1 is 1.42 bits per heavy atom. The Morgan fingerprint density at radius 2 is 2.11 bits per heavy atom. The van der Waals surface area contributed by atoms with Crippen molar-refractivity contribution in [2.75, 3.05) is 19.7 Å². The molecule has 8 nitrogen and oxygen atoms in total. The van der Waals surface area contributed by atoms with Crippen molar-refractivity contribution in [1.29, 1.82) is 0 Å². The molecule has 8 heteroatoms. The first kappa shape index (κ1) is 15.2. The largest absolute Gasteiger partial charge is 0.480 e. The van der Waals surface area contributed by atoms with Crippen molar-refractivity contribution in [1.82, 2.24) is 15.5 Å². The maximum atomic E-state index is 11.8. The van der Waals surface area contributed by atoms with Gasteiger partial charge in [0.15, 0.2) is 0 Å². The summed E-state index contributed by atoms with van der Waals surface area (Å²) in [5.41, 5.74) is 0. The highest BCUT2D eigenvalue weighted by Gasteiger charge is 2.29. The number of hydrogen-bond acceptors (Lipinski definition) is 4. The van der Waals surface area contributed by atoms with Gasteiger partial charge in [-0.3, -0.25) is 4.79 Å². The molecule has 0 aliphatic carbocycles. The summed E-state index contributed by atoms with van der Waals surface area (Å²) in [7, 11) is 0. The van der Waals surface area contributed by atoms with Gasteiger partial charge in [0.1, 0.15) is 6.04 Å². The van der Waals surface area contributed by atoms with Crippen LogP contribution in [0.15, 0.2) is 0 Å². The minimum absolute atomic E-state index is 0.0377. The van der Waals surface area contributed by atoms with E-state index in [1.807, 2.05) is 0 Å². The van der Waals surface area contributed by atoms with E-state index in [1.165, 1.54) is 11.8 Å². The third kappa shape index (κ3) is 4.74. The van der Waals surface area contributed by atoms with Crippen molar-refractivity contribution in [3.8, 4) is 0 Å². The second kappa shape index (κ2) is 6.93. The molecule has 1 rings (SSSR count). The number of carboxylic acid groups (broad SMARTS) is 1. The van der Waals surface area contributed by atoms with E-state index in [2.05, 4.69) is 10.6 Å². The third-order valence-corrected chi connectivity index (χ3v) is 2.90. The van der Waals surface area contributed by atoms with Crippen LogP contribution in [0.1, 0.15) is 19.8 Å². The van der Waals surface area contributed by atoms with Crippen molar-refractivity contribution in [2.45, 2.75) is 31.8 Å². The Morgan fingerprint density at radius 3 is 2.63 bits per heavy atom. The van der Waals surface area contributed by atoms with Gasteiger partial charge in [0, 0.05) is 39.1 Å². The number of aliphatic carboxylic acids is 1. The molecular formula is C11H19N3O5. The topological polar surface area (TPSA) is 119 Å². The first-order chi connectivity index (χ1) is 8.93. The molecule has 4 N–H and O–H groups in total. The van der Waals surface area contributed by atoms with E-state index >= 15 is 0 Å². The lowest BCUT2D eigenvalue weighted by Crippen LogP contribution is -2.48. The Bertz CT molecular complexity index is 360. The van der Waals surface area contributed by atoms with Gasteiger partial charge >= 0.3 is 12.0 Å². The summed E-state index contributed by atoms with van der Waals surface area (Å²) in [5.74, 6) is -1.34. The van der Waals surface area contributed by atoms with E-state index in [4.69, 9.17) is 10.2 Å². The fourth-order valence-corrected chi connectivity index (χ4v) is 1.98. The number of carboxylic acids is 1. The number of rotatable bonds is 5. The van der Waals surface area contributed by atoms with Crippen LogP contribution in [0.2, 0.25) is 0 Å². The fraction of sp³-hybridized carbons (Fsp3) is 0.727. The van der Waals surface area contributed by atoms with E-state index in [0.29, 0.717) is 19.5 Å². The monoisotopic (exact) mass is 273 g/mol. The van der Waals surface area contributed by atoms with Gasteiger partial charge in [-0.25, -0.2) is 9.59 Å². The minimum Gasteiger partial charge on any atom is -0.480 e. The average Bonchev–Trinajstić information content (AvgIpc) is 2.75. The smallest absolute Gasteiger partial charge is 0.326 e. The molecule has 19 heavy (non-hydrogen) atoms. The Kier molecular flexibility index (Phi) is 5.56. The lowest BCUT2D eigenvalue weighted by Gasteiger charge is -2.20. The second-order valence-corrected chi connectivity index (χ2v) is 4.48. The number of likely N-dealkylation sites (tertiary alicyclic amines) is 1. The molecular weight excluding hydrogens is 254 g/mol. The molecule has 2 atom stereocenters. The normalized spacial score (nSPS) is 19.9. The van der Waals surface area contributed by atoms with Gasteiger partial charge in [-0.1, -0.05) is 0 Å². The number of amides is 3. The predicted octanol–water partition coefficient (Wildman–Crippen LogP) is -1.26. The van der Waals surface area contributed by atoms with Gasteiger partial charge in [0.25, 0.3) is 0 Å². The molecule has 0 aromatic heterocycles. The fourth-order valence-electron chi connectivity index (χ4n) is 1.98. The van der Waals surface area contributed by atoms with E-state index < -0.39 is 18.0 Å². The number of carbonyl (C=O) groups excluding carboxylic acids is 2. The molecule has 0 spiro atoms. The third-order valence-electron chi connectivity index (χ3n) is 2.90. The summed E-state index contributed by atoms with van der Waals surface area (Å²) in [6.07, 6.45) is 0.606. The minimum atomic E-state index is -1.18. The van der Waals surface area contributed by atoms with Gasteiger partial charge in [-0.2, -0.15) is 0 Å². The van der Waals surface area contributed by atoms with Crippen LogP contribution in [0.5, 0.6) is 0 Å². The number of nitrogens with zero attached hydrogens (tertiary/aromatic N) is 1. The summed E-state index contributed by atoms with van der Waals surface area (Å²) in [6.45, 7) is 1.91. The van der Waals surface area contributed by atoms with Crippen molar-refractivity contribution in [2.24, 2.45) is 0 Å². The van der Waals surface area contributed by atoms with Gasteiger partial charge in [-0.05, 0) is 6.42 Å². The predicted molar refractivity (Wildman–Crippen MR) is 65.5 cm³/mol. The van der Waals surface area contributed by atoms with E-state index in [-0.39, 0.29) is 25.0 Å². The van der Waals surface area contributed by atoms with Crippen LogP contribution >= 0.6 is 0 Å². The van der Waals surface area contributed by atoms with Crippen LogP contribution < -0.4 is 10.6 Å². The lowest BCUT2D eigenvalue weighted by atomic mass is 10.2. The maximum absolute atomic E-state index is 11.8. The molecule has 0 radical (unpaired) electrons. The number of nitrogens with one attached hydrogen (secondary N) is 2. The van der Waals surface area contributed by atoms with Gasteiger partial charge in [0.2, 0.25) is 5.91 Å². The van der Waals surface area contributed by atoms with E-state index in [0.717, 1.165) is 0 Å². The highest BCUT2D eigenvalue weighted by Crippen LogP contribution is 2.09. The zero-order chi connectivity index (χ0) is 14.4. The van der Waals surface area contributed by atoms with Crippen molar-refractivity contribution < 1.29 is 24.6 Å². The number of aliphatic hydroxyl groups excluding tert-OH is 1. The SMILES string of the molecule is CC(=O)NC1CCN(C(=O)N[C@@H](CCO)C(=O)O)C1. The van der Waals surface area contributed by atoms with Gasteiger partial charge < -0.3 is 25.7 Å². The molecule has 108 valence electrons. The standard InChI is InChI=1S/C11H19N3O5/c1-7(16)12-8-2-4-14(6-8)11(19)13-9(3-5-15)10(17)18/h8-9,15H,2-6H2,1H3,(H,12,16)(H,13,19)(H,17,18)/t8?,9-/m0/s1. The Balaban J connectivity index is 2.46. The van der Waals surface area contributed by atoms with Crippen LogP contribution in [-0.2, 0) is 9.59 Å². The molecule has 0 aromatic rings. The number of carbonyl (C=O) groups is 3. The van der Waals surface area contributed by atoms with E-state index in [9.17, 15) is 14.4 Å². The number of hydrogen-bond donors (Lipinski definition) is 4. The van der Waals surface area contributed by atoms with Crippen LogP contribution in [0.25, 0.3) is 0 Å². The molecule has 3 amide bonds. The molecule has 1 unspecified atom stereocenters. The first-order valence-electron chi connectivity index (χ1n) is 6.10. The summed E-state index contributed by atoms with van der Waals surface area (Å²) >= 11 is 0. The molecule has 0 aromatic carbocycles. The lowest BCUT2D eigenvalue weighted by molar-refractivity contribution is -0.139. The second-order valence-electron chi connectivity index (χ2n) is 4.48. The molecule has 1 fully saturated rings. The van der Waals surface area contributed by atoms with Crippen LogP contribution in [-0.4, -0.2) is 64.8 Å². The summed E-state index contributed by atoms with van der Waals surface area (Å²) in [5, 5.41) is 22.7. The first-order valence-corrected chi connectivity index (χ1v) is 6.10. The zero-order valence-electron chi connectivity index (χ0n) is 10.8. The zero-order valence-corrected chi connectivity index (χ0v) is 10.8. The van der Waals surface area contributed by atoms with Crippen molar-refractivity contribution in [3.05, 3.63) is 0 Å². The molecule has 0 bridgehead atoms. The van der Waals surface area contributed by atoms with Crippen LogP contribution in [0, 0.1) is 0 Å². The van der Waals surface area contributed by atoms with Gasteiger partial charge in [0.05, 0.1) is 0 Å².